The number of carboxylic acid groups (broad SMARTS) is 1. The minimum Gasteiger partial charge on any atom is -0.481 e. The molecule has 0 saturated heterocycles. The number of hydrogen-bond donors (Lipinski definition) is 2. The molecule has 2 atom stereocenters. The summed E-state index contributed by atoms with van der Waals surface area (Å²) in [5.41, 5.74) is 1.47. The largest absolute Gasteiger partial charge is 0.481 e. The monoisotopic (exact) mass is 522 g/mol. The second kappa shape index (κ2) is 11.3. The van der Waals surface area contributed by atoms with E-state index in [4.69, 9.17) is 21.4 Å². The van der Waals surface area contributed by atoms with Crippen molar-refractivity contribution in [1.82, 2.24) is 14.8 Å². The molecule has 2 N–H and O–H groups in total. The van der Waals surface area contributed by atoms with Crippen molar-refractivity contribution >= 4 is 40.9 Å². The lowest BCUT2D eigenvalue weighted by molar-refractivity contribution is -0.115. The van der Waals surface area contributed by atoms with Crippen LogP contribution < -0.4 is 10.1 Å². The smallest absolute Gasteiger partial charge is 0.335 e. The summed E-state index contributed by atoms with van der Waals surface area (Å²) >= 11 is 7.52. The van der Waals surface area contributed by atoms with E-state index in [1.54, 1.807) is 31.2 Å². The highest BCUT2D eigenvalue weighted by Gasteiger charge is 2.25. The Morgan fingerprint density at radius 3 is 2.31 bits per heavy atom. The fourth-order valence-corrected chi connectivity index (χ4v) is 4.43. The predicted molar refractivity (Wildman–Crippen MR) is 139 cm³/mol. The lowest BCUT2D eigenvalue weighted by Crippen LogP contribution is -2.23. The third-order valence-electron chi connectivity index (χ3n) is 5.23. The molecule has 0 radical (unpaired) electrons. The number of carbonyl (C=O) groups excluding carboxylic acids is 1. The number of aromatic nitrogens is 3. The van der Waals surface area contributed by atoms with E-state index in [0.717, 1.165) is 5.69 Å². The maximum Gasteiger partial charge on any atom is 0.335 e. The molecular weight excluding hydrogens is 500 g/mol. The van der Waals surface area contributed by atoms with E-state index >= 15 is 0 Å². The molecule has 36 heavy (non-hydrogen) atoms. The molecule has 0 fully saturated rings. The summed E-state index contributed by atoms with van der Waals surface area (Å²) in [5.74, 6) is -0.196. The average Bonchev–Trinajstić information content (AvgIpc) is 3.29. The molecule has 0 aliphatic carbocycles. The summed E-state index contributed by atoms with van der Waals surface area (Å²) in [6.45, 7) is 3.62. The van der Waals surface area contributed by atoms with Crippen LogP contribution in [0.5, 0.6) is 5.75 Å². The molecule has 0 aliphatic heterocycles. The fourth-order valence-electron chi connectivity index (χ4n) is 3.38. The van der Waals surface area contributed by atoms with Crippen LogP contribution in [-0.2, 0) is 4.79 Å². The van der Waals surface area contributed by atoms with Gasteiger partial charge >= 0.3 is 5.97 Å². The normalized spacial score (nSPS) is 12.5. The summed E-state index contributed by atoms with van der Waals surface area (Å²) in [5, 5.41) is 21.1. The highest BCUT2D eigenvalue weighted by molar-refractivity contribution is 8.00. The van der Waals surface area contributed by atoms with Gasteiger partial charge in [0.15, 0.2) is 17.1 Å². The molecule has 4 rings (SSSR count). The van der Waals surface area contributed by atoms with E-state index in [1.807, 2.05) is 54.0 Å². The summed E-state index contributed by atoms with van der Waals surface area (Å²) in [6.07, 6.45) is -0.483. The number of halogens is 1. The van der Waals surface area contributed by atoms with Crippen LogP contribution >= 0.6 is 23.4 Å². The number of aromatic carboxylic acids is 1. The Bertz CT molecular complexity index is 1360. The molecular formula is C26H23ClN4O4S. The van der Waals surface area contributed by atoms with Gasteiger partial charge in [-0.25, -0.2) is 4.79 Å². The highest BCUT2D eigenvalue weighted by Crippen LogP contribution is 2.32. The number of thioether (sulfide) groups is 1. The third kappa shape index (κ3) is 5.87. The highest BCUT2D eigenvalue weighted by atomic mass is 35.5. The Hall–Kier alpha value is -3.82. The van der Waals surface area contributed by atoms with Crippen LogP contribution in [0.2, 0.25) is 5.02 Å². The maximum absolute atomic E-state index is 12.9. The van der Waals surface area contributed by atoms with Crippen molar-refractivity contribution in [3.63, 3.8) is 0 Å². The lowest BCUT2D eigenvalue weighted by atomic mass is 10.2. The molecule has 3 aromatic carbocycles. The molecule has 0 bridgehead atoms. The lowest BCUT2D eigenvalue weighted by Gasteiger charge is -2.18. The zero-order chi connectivity index (χ0) is 25.7. The van der Waals surface area contributed by atoms with Crippen LogP contribution in [0, 0.1) is 0 Å². The second-order valence-electron chi connectivity index (χ2n) is 7.83. The number of hydrogen-bond acceptors (Lipinski definition) is 6. The Balaban J connectivity index is 1.56. The van der Waals surface area contributed by atoms with Gasteiger partial charge in [0, 0.05) is 11.4 Å². The van der Waals surface area contributed by atoms with Gasteiger partial charge in [-0.15, -0.1) is 10.2 Å². The van der Waals surface area contributed by atoms with Crippen LogP contribution in [0.15, 0.2) is 84.0 Å². The molecule has 1 amide bonds. The number of anilines is 1. The molecule has 184 valence electrons. The minimum atomic E-state index is -1.03. The second-order valence-corrected chi connectivity index (χ2v) is 9.55. The molecule has 10 heteroatoms. The van der Waals surface area contributed by atoms with Crippen molar-refractivity contribution in [1.29, 1.82) is 0 Å². The summed E-state index contributed by atoms with van der Waals surface area (Å²) in [4.78, 5) is 23.9. The molecule has 0 spiro atoms. The van der Waals surface area contributed by atoms with Crippen molar-refractivity contribution in [2.75, 3.05) is 5.32 Å². The maximum atomic E-state index is 12.9. The predicted octanol–water partition coefficient (Wildman–Crippen LogP) is 5.88. The topological polar surface area (TPSA) is 106 Å². The Morgan fingerprint density at radius 2 is 1.64 bits per heavy atom. The van der Waals surface area contributed by atoms with Crippen LogP contribution in [0.25, 0.3) is 5.69 Å². The van der Waals surface area contributed by atoms with Crippen LogP contribution in [0.1, 0.15) is 36.1 Å². The molecule has 1 heterocycles. The first-order valence-electron chi connectivity index (χ1n) is 11.1. The van der Waals surface area contributed by atoms with Crippen LogP contribution in [-0.4, -0.2) is 37.0 Å². The molecule has 4 aromatic rings. The molecule has 0 aliphatic rings. The van der Waals surface area contributed by atoms with E-state index in [9.17, 15) is 9.59 Å². The van der Waals surface area contributed by atoms with E-state index in [0.29, 0.717) is 27.4 Å². The van der Waals surface area contributed by atoms with Gasteiger partial charge in [-0.2, -0.15) is 0 Å². The van der Waals surface area contributed by atoms with E-state index < -0.39 is 17.3 Å². The van der Waals surface area contributed by atoms with Gasteiger partial charge < -0.3 is 15.2 Å². The number of ether oxygens (including phenoxy) is 1. The average molecular weight is 523 g/mol. The number of nitrogens with one attached hydrogen (secondary N) is 1. The number of amides is 1. The van der Waals surface area contributed by atoms with Crippen molar-refractivity contribution in [3.05, 3.63) is 95.3 Å². The van der Waals surface area contributed by atoms with Crippen molar-refractivity contribution in [3.8, 4) is 11.4 Å². The van der Waals surface area contributed by atoms with Gasteiger partial charge in [0.1, 0.15) is 5.75 Å². The van der Waals surface area contributed by atoms with Gasteiger partial charge in [0.05, 0.1) is 15.8 Å². The van der Waals surface area contributed by atoms with Gasteiger partial charge in [-0.05, 0) is 62.4 Å². The number of carboxylic acids is 1. The molecule has 2 unspecified atom stereocenters. The standard InChI is InChI=1S/C26H23ClN4O4S/c1-16(35-22-11-7-6-10-21(22)27)23-29-30-26(31(23)20-8-4-3-5-9-20)36-17(2)24(32)28-19-14-12-18(13-15-19)25(33)34/h3-17H,1-2H3,(H,28,32)(H,33,34). The third-order valence-corrected chi connectivity index (χ3v) is 6.58. The number of benzene rings is 3. The molecule has 8 nitrogen and oxygen atoms in total. The van der Waals surface area contributed by atoms with E-state index in [2.05, 4.69) is 15.5 Å². The SMILES string of the molecule is CC(Sc1nnc(C(C)Oc2ccccc2Cl)n1-c1ccccc1)C(=O)Nc1ccc(C(=O)O)cc1. The van der Waals surface area contributed by atoms with Crippen LogP contribution in [0.3, 0.4) is 0 Å². The Labute approximate surface area is 217 Å². The van der Waals surface area contributed by atoms with Crippen molar-refractivity contribution in [2.24, 2.45) is 0 Å². The quantitative estimate of drug-likeness (QED) is 0.264. The number of nitrogens with zero attached hydrogens (tertiary/aromatic N) is 3. The zero-order valence-electron chi connectivity index (χ0n) is 19.5. The van der Waals surface area contributed by atoms with Gasteiger partial charge in [-0.1, -0.05) is 53.7 Å². The van der Waals surface area contributed by atoms with E-state index in [1.165, 1.54) is 23.9 Å². The number of para-hydroxylation sites is 2. The fraction of sp³-hybridized carbons (Fsp3) is 0.154. The van der Waals surface area contributed by atoms with Crippen LogP contribution in [0.4, 0.5) is 5.69 Å². The minimum absolute atomic E-state index is 0.145. The number of rotatable bonds is 9. The summed E-state index contributed by atoms with van der Waals surface area (Å²) < 4.78 is 7.94. The molecule has 0 saturated carbocycles. The first-order chi connectivity index (χ1) is 17.3. The summed E-state index contributed by atoms with van der Waals surface area (Å²) in [6, 6.07) is 22.8. The van der Waals surface area contributed by atoms with Gasteiger partial charge in [0.25, 0.3) is 0 Å². The molecule has 1 aromatic heterocycles. The first-order valence-corrected chi connectivity index (χ1v) is 12.3. The van der Waals surface area contributed by atoms with Gasteiger partial charge in [0.2, 0.25) is 5.91 Å². The number of carbonyl (C=O) groups is 2. The van der Waals surface area contributed by atoms with Crippen molar-refractivity contribution < 1.29 is 19.4 Å². The summed E-state index contributed by atoms with van der Waals surface area (Å²) in [7, 11) is 0. The Morgan fingerprint density at radius 1 is 0.972 bits per heavy atom. The van der Waals surface area contributed by atoms with E-state index in [-0.39, 0.29) is 11.5 Å². The Kier molecular flexibility index (Phi) is 7.92. The van der Waals surface area contributed by atoms with Gasteiger partial charge in [-0.3, -0.25) is 9.36 Å². The first kappa shape index (κ1) is 25.3. The zero-order valence-corrected chi connectivity index (χ0v) is 21.0. The van der Waals surface area contributed by atoms with Crippen molar-refractivity contribution in [2.45, 2.75) is 30.4 Å².